The molecular weight excluding hydrogens is 324 g/mol. The molecule has 5 nitrogen and oxygen atoms in total. The van der Waals surface area contributed by atoms with Crippen molar-refractivity contribution in [2.75, 3.05) is 19.6 Å². The highest BCUT2D eigenvalue weighted by molar-refractivity contribution is 5.94. The minimum atomic E-state index is -0.00464. The summed E-state index contributed by atoms with van der Waals surface area (Å²) in [6.07, 6.45) is 4.21. The minimum absolute atomic E-state index is 0.00464. The van der Waals surface area contributed by atoms with Crippen LogP contribution in [0.5, 0.6) is 0 Å². The standard InChI is InChI=1S/C21H24N4O/c1-2-24-13-5-6-18(24)14-22-21(26)16-9-11-17(12-10-16)25-15-23-19-7-3-4-8-20(19)25/h3-4,7-12,15,18H,2,5-6,13-14H2,1H3,(H,22,26). The fourth-order valence-corrected chi connectivity index (χ4v) is 3.79. The molecule has 2 heterocycles. The van der Waals surface area contributed by atoms with Gasteiger partial charge in [0.1, 0.15) is 6.33 Å². The first-order chi connectivity index (χ1) is 12.8. The average molecular weight is 348 g/mol. The average Bonchev–Trinajstić information content (AvgIpc) is 3.32. The number of carbonyl (C=O) groups is 1. The van der Waals surface area contributed by atoms with Crippen molar-refractivity contribution in [1.82, 2.24) is 19.8 Å². The number of hydrogen-bond acceptors (Lipinski definition) is 3. The molecule has 0 saturated carbocycles. The van der Waals surface area contributed by atoms with Crippen LogP contribution in [0.2, 0.25) is 0 Å². The smallest absolute Gasteiger partial charge is 0.251 e. The van der Waals surface area contributed by atoms with Crippen molar-refractivity contribution in [1.29, 1.82) is 0 Å². The van der Waals surface area contributed by atoms with E-state index in [9.17, 15) is 4.79 Å². The number of aromatic nitrogens is 2. The Bertz CT molecular complexity index is 900. The van der Waals surface area contributed by atoms with Crippen molar-refractivity contribution >= 4 is 16.9 Å². The predicted molar refractivity (Wildman–Crippen MR) is 104 cm³/mol. The van der Waals surface area contributed by atoms with Crippen molar-refractivity contribution in [2.45, 2.75) is 25.8 Å². The van der Waals surface area contributed by atoms with Gasteiger partial charge < -0.3 is 5.32 Å². The zero-order valence-corrected chi connectivity index (χ0v) is 15.1. The third-order valence-electron chi connectivity index (χ3n) is 5.26. The number of likely N-dealkylation sites (N-methyl/N-ethyl adjacent to an activating group) is 1. The first kappa shape index (κ1) is 16.8. The largest absolute Gasteiger partial charge is 0.350 e. The normalized spacial score (nSPS) is 17.7. The highest BCUT2D eigenvalue weighted by atomic mass is 16.1. The van der Waals surface area contributed by atoms with Crippen molar-refractivity contribution in [3.8, 4) is 5.69 Å². The molecule has 1 fully saturated rings. The molecule has 1 saturated heterocycles. The Morgan fingerprint density at radius 3 is 2.81 bits per heavy atom. The lowest BCUT2D eigenvalue weighted by atomic mass is 10.1. The van der Waals surface area contributed by atoms with Crippen molar-refractivity contribution in [3.63, 3.8) is 0 Å². The molecule has 5 heteroatoms. The summed E-state index contributed by atoms with van der Waals surface area (Å²) < 4.78 is 2.04. The van der Waals surface area contributed by atoms with Gasteiger partial charge in [0.2, 0.25) is 0 Å². The summed E-state index contributed by atoms with van der Waals surface area (Å²) in [6.45, 7) is 5.10. The van der Waals surface area contributed by atoms with E-state index in [1.165, 1.54) is 12.8 Å². The number of nitrogens with one attached hydrogen (secondary N) is 1. The van der Waals surface area contributed by atoms with Gasteiger partial charge >= 0.3 is 0 Å². The molecule has 1 N–H and O–H groups in total. The van der Waals surface area contributed by atoms with Gasteiger partial charge in [0, 0.05) is 23.8 Å². The van der Waals surface area contributed by atoms with Gasteiger partial charge in [-0.1, -0.05) is 19.1 Å². The molecule has 1 unspecified atom stereocenters. The van der Waals surface area contributed by atoms with Gasteiger partial charge in [-0.3, -0.25) is 14.3 Å². The fourth-order valence-electron chi connectivity index (χ4n) is 3.79. The number of likely N-dealkylation sites (tertiary alicyclic amines) is 1. The van der Waals surface area contributed by atoms with Crippen LogP contribution in [-0.4, -0.2) is 46.0 Å². The summed E-state index contributed by atoms with van der Waals surface area (Å²) in [4.78, 5) is 19.3. The quantitative estimate of drug-likeness (QED) is 0.770. The number of rotatable bonds is 5. The highest BCUT2D eigenvalue weighted by Crippen LogP contribution is 2.19. The van der Waals surface area contributed by atoms with E-state index >= 15 is 0 Å². The van der Waals surface area contributed by atoms with Gasteiger partial charge in [-0.05, 0) is 62.3 Å². The third-order valence-corrected chi connectivity index (χ3v) is 5.26. The van der Waals surface area contributed by atoms with Gasteiger partial charge in [0.05, 0.1) is 11.0 Å². The van der Waals surface area contributed by atoms with Gasteiger partial charge in [0.15, 0.2) is 0 Å². The molecule has 134 valence electrons. The maximum absolute atomic E-state index is 12.5. The number of nitrogens with zero attached hydrogens (tertiary/aromatic N) is 3. The summed E-state index contributed by atoms with van der Waals surface area (Å²) in [5.74, 6) is -0.00464. The second-order valence-electron chi connectivity index (χ2n) is 6.78. The van der Waals surface area contributed by atoms with E-state index in [1.807, 2.05) is 59.4 Å². The number of amides is 1. The number of hydrogen-bond donors (Lipinski definition) is 1. The maximum atomic E-state index is 12.5. The summed E-state index contributed by atoms with van der Waals surface area (Å²) in [5.41, 5.74) is 3.72. The Hall–Kier alpha value is -2.66. The summed E-state index contributed by atoms with van der Waals surface area (Å²) in [7, 11) is 0. The molecular formula is C21H24N4O. The summed E-state index contributed by atoms with van der Waals surface area (Å²) in [5, 5.41) is 3.09. The minimum Gasteiger partial charge on any atom is -0.350 e. The number of imidazole rings is 1. The topological polar surface area (TPSA) is 50.2 Å². The molecule has 3 aromatic rings. The van der Waals surface area contributed by atoms with E-state index in [4.69, 9.17) is 0 Å². The molecule has 0 spiro atoms. The molecule has 2 aromatic carbocycles. The van der Waals surface area contributed by atoms with Gasteiger partial charge in [0.25, 0.3) is 5.91 Å². The molecule has 4 rings (SSSR count). The summed E-state index contributed by atoms with van der Waals surface area (Å²) in [6, 6.07) is 16.2. The monoisotopic (exact) mass is 348 g/mol. The number of carbonyl (C=O) groups excluding carboxylic acids is 1. The highest BCUT2D eigenvalue weighted by Gasteiger charge is 2.23. The Kier molecular flexibility index (Phi) is 4.71. The van der Waals surface area contributed by atoms with Gasteiger partial charge in [-0.15, -0.1) is 0 Å². The van der Waals surface area contributed by atoms with Gasteiger partial charge in [-0.2, -0.15) is 0 Å². The predicted octanol–water partition coefficient (Wildman–Crippen LogP) is 3.24. The third kappa shape index (κ3) is 3.22. The van der Waals surface area contributed by atoms with Crippen LogP contribution in [0.15, 0.2) is 54.9 Å². The Morgan fingerprint density at radius 2 is 2.00 bits per heavy atom. The van der Waals surface area contributed by atoms with Crippen molar-refractivity contribution in [2.24, 2.45) is 0 Å². The van der Waals surface area contributed by atoms with Crippen molar-refractivity contribution in [3.05, 3.63) is 60.4 Å². The molecule has 1 aliphatic heterocycles. The lowest BCUT2D eigenvalue weighted by Crippen LogP contribution is -2.40. The number of para-hydroxylation sites is 2. The molecule has 0 radical (unpaired) electrons. The molecule has 0 bridgehead atoms. The van der Waals surface area contributed by atoms with Crippen LogP contribution >= 0.6 is 0 Å². The van der Waals surface area contributed by atoms with Crippen LogP contribution < -0.4 is 5.32 Å². The van der Waals surface area contributed by atoms with E-state index in [1.54, 1.807) is 0 Å². The zero-order valence-electron chi connectivity index (χ0n) is 15.1. The lowest BCUT2D eigenvalue weighted by molar-refractivity contribution is 0.0941. The van der Waals surface area contributed by atoms with Crippen LogP contribution in [0.3, 0.4) is 0 Å². The second-order valence-corrected chi connectivity index (χ2v) is 6.78. The van der Waals surface area contributed by atoms with Crippen LogP contribution in [0, 0.1) is 0 Å². The molecule has 1 atom stereocenters. The Balaban J connectivity index is 1.45. The fraction of sp³-hybridized carbons (Fsp3) is 0.333. The van der Waals surface area contributed by atoms with E-state index < -0.39 is 0 Å². The Morgan fingerprint density at radius 1 is 1.19 bits per heavy atom. The molecule has 26 heavy (non-hydrogen) atoms. The van der Waals surface area contributed by atoms with E-state index in [-0.39, 0.29) is 5.91 Å². The first-order valence-corrected chi connectivity index (χ1v) is 9.31. The lowest BCUT2D eigenvalue weighted by Gasteiger charge is -2.22. The second kappa shape index (κ2) is 7.30. The first-order valence-electron chi connectivity index (χ1n) is 9.31. The number of fused-ring (bicyclic) bond motifs is 1. The molecule has 0 aliphatic carbocycles. The molecule has 1 aliphatic rings. The SMILES string of the molecule is CCN1CCCC1CNC(=O)c1ccc(-n2cnc3ccccc32)cc1. The maximum Gasteiger partial charge on any atom is 0.251 e. The van der Waals surface area contributed by atoms with Crippen LogP contribution in [-0.2, 0) is 0 Å². The van der Waals surface area contributed by atoms with E-state index in [0.29, 0.717) is 11.6 Å². The number of benzene rings is 2. The zero-order chi connectivity index (χ0) is 17.9. The van der Waals surface area contributed by atoms with Crippen LogP contribution in [0.1, 0.15) is 30.1 Å². The molecule has 1 amide bonds. The van der Waals surface area contributed by atoms with Crippen LogP contribution in [0.4, 0.5) is 0 Å². The van der Waals surface area contributed by atoms with E-state index in [0.717, 1.165) is 36.4 Å². The molecule has 1 aromatic heterocycles. The van der Waals surface area contributed by atoms with Crippen molar-refractivity contribution < 1.29 is 4.79 Å². The van der Waals surface area contributed by atoms with E-state index in [2.05, 4.69) is 22.1 Å². The van der Waals surface area contributed by atoms with Gasteiger partial charge in [-0.25, -0.2) is 4.98 Å². The summed E-state index contributed by atoms with van der Waals surface area (Å²) >= 11 is 0. The van der Waals surface area contributed by atoms with Crippen LogP contribution in [0.25, 0.3) is 16.7 Å². The Labute approximate surface area is 153 Å².